The molecule has 1 aromatic carbocycles. The Bertz CT molecular complexity index is 592. The standard InChI is InChI=1S/C19H27N3O2/c1-13(2)10-15(11-21(4)5)20-18(23)12-22-14(3)16-8-6-7-9-17(16)19(22)24/h6-9,13,15H,3,10-12H2,1-2,4-5H3,(H,20,23). The molecule has 1 unspecified atom stereocenters. The Morgan fingerprint density at radius 3 is 2.42 bits per heavy atom. The van der Waals surface area contributed by atoms with Crippen LogP contribution < -0.4 is 5.32 Å². The van der Waals surface area contributed by atoms with Crippen LogP contribution in [0.5, 0.6) is 0 Å². The predicted octanol–water partition coefficient (Wildman–Crippen LogP) is 2.21. The number of nitrogens with one attached hydrogen (secondary N) is 1. The van der Waals surface area contributed by atoms with Gasteiger partial charge in [0, 0.05) is 29.4 Å². The highest BCUT2D eigenvalue weighted by atomic mass is 16.2. The Hall–Kier alpha value is -2.14. The molecule has 1 N–H and O–H groups in total. The first kappa shape index (κ1) is 18.2. The van der Waals surface area contributed by atoms with Gasteiger partial charge in [0.25, 0.3) is 5.91 Å². The number of nitrogens with zero attached hydrogens (tertiary/aromatic N) is 2. The zero-order chi connectivity index (χ0) is 17.9. The number of fused-ring (bicyclic) bond motifs is 1. The fourth-order valence-corrected chi connectivity index (χ4v) is 3.11. The summed E-state index contributed by atoms with van der Waals surface area (Å²) < 4.78 is 0. The topological polar surface area (TPSA) is 52.7 Å². The molecule has 5 nitrogen and oxygen atoms in total. The summed E-state index contributed by atoms with van der Waals surface area (Å²) in [7, 11) is 3.98. The van der Waals surface area contributed by atoms with E-state index in [1.807, 2.05) is 32.3 Å². The van der Waals surface area contributed by atoms with Gasteiger partial charge in [-0.25, -0.2) is 0 Å². The van der Waals surface area contributed by atoms with Gasteiger partial charge in [-0.2, -0.15) is 0 Å². The molecule has 0 aliphatic carbocycles. The maximum absolute atomic E-state index is 12.5. The molecule has 0 aromatic heterocycles. The van der Waals surface area contributed by atoms with Gasteiger partial charge in [0.15, 0.2) is 0 Å². The van der Waals surface area contributed by atoms with Gasteiger partial charge in [0.1, 0.15) is 6.54 Å². The second kappa shape index (κ2) is 7.62. The number of rotatable bonds is 7. The molecule has 1 heterocycles. The Morgan fingerprint density at radius 2 is 1.88 bits per heavy atom. The summed E-state index contributed by atoms with van der Waals surface area (Å²) in [5.74, 6) is 0.187. The summed E-state index contributed by atoms with van der Waals surface area (Å²) >= 11 is 0. The van der Waals surface area contributed by atoms with Crippen LogP contribution >= 0.6 is 0 Å². The van der Waals surface area contributed by atoms with Crippen molar-refractivity contribution in [2.75, 3.05) is 27.2 Å². The normalized spacial score (nSPS) is 15.2. The van der Waals surface area contributed by atoms with Gasteiger partial charge < -0.3 is 10.2 Å². The average molecular weight is 329 g/mol. The largest absolute Gasteiger partial charge is 0.351 e. The summed E-state index contributed by atoms with van der Waals surface area (Å²) in [6, 6.07) is 7.40. The summed E-state index contributed by atoms with van der Waals surface area (Å²) in [6.45, 7) is 9.03. The molecule has 0 saturated heterocycles. The van der Waals surface area contributed by atoms with E-state index in [4.69, 9.17) is 0 Å². The van der Waals surface area contributed by atoms with Gasteiger partial charge in [0.05, 0.1) is 0 Å². The molecule has 2 amide bonds. The number of amides is 2. The molecule has 1 aromatic rings. The lowest BCUT2D eigenvalue weighted by molar-refractivity contribution is -0.122. The van der Waals surface area contributed by atoms with Crippen LogP contribution in [-0.2, 0) is 4.79 Å². The number of hydrogen-bond donors (Lipinski definition) is 1. The number of hydrogen-bond acceptors (Lipinski definition) is 3. The molecule has 130 valence electrons. The summed E-state index contributed by atoms with van der Waals surface area (Å²) in [5, 5.41) is 3.06. The third-order valence-electron chi connectivity index (χ3n) is 4.05. The van der Waals surface area contributed by atoms with E-state index in [0.717, 1.165) is 18.5 Å². The highest BCUT2D eigenvalue weighted by molar-refractivity contribution is 6.10. The van der Waals surface area contributed by atoms with Crippen molar-refractivity contribution in [2.24, 2.45) is 5.92 Å². The average Bonchev–Trinajstić information content (AvgIpc) is 2.71. The van der Waals surface area contributed by atoms with E-state index in [1.54, 1.807) is 6.07 Å². The van der Waals surface area contributed by atoms with Crippen LogP contribution in [0.4, 0.5) is 0 Å². The van der Waals surface area contributed by atoms with Crippen molar-refractivity contribution >= 4 is 17.5 Å². The first-order chi connectivity index (χ1) is 11.3. The second-order valence-electron chi connectivity index (χ2n) is 7.04. The lowest BCUT2D eigenvalue weighted by Gasteiger charge is -2.25. The van der Waals surface area contributed by atoms with Crippen molar-refractivity contribution in [1.29, 1.82) is 0 Å². The lowest BCUT2D eigenvalue weighted by atomic mass is 10.0. The number of carbonyl (C=O) groups excluding carboxylic acids is 2. The van der Waals surface area contributed by atoms with Crippen molar-refractivity contribution in [2.45, 2.75) is 26.3 Å². The minimum absolute atomic E-state index is 0.00830. The quantitative estimate of drug-likeness (QED) is 0.834. The number of likely N-dealkylation sites (N-methyl/N-ethyl adjacent to an activating group) is 1. The monoisotopic (exact) mass is 329 g/mol. The van der Waals surface area contributed by atoms with Gasteiger partial charge in [-0.15, -0.1) is 0 Å². The Labute approximate surface area is 144 Å². The van der Waals surface area contributed by atoms with Gasteiger partial charge in [-0.3, -0.25) is 14.5 Å². The smallest absolute Gasteiger partial charge is 0.259 e. The minimum atomic E-state index is -0.154. The van der Waals surface area contributed by atoms with Crippen LogP contribution in [0.2, 0.25) is 0 Å². The molecule has 5 heteroatoms. The van der Waals surface area contributed by atoms with E-state index >= 15 is 0 Å². The molecule has 24 heavy (non-hydrogen) atoms. The Morgan fingerprint density at radius 1 is 1.25 bits per heavy atom. The van der Waals surface area contributed by atoms with E-state index in [0.29, 0.717) is 17.2 Å². The van der Waals surface area contributed by atoms with Crippen LogP contribution in [-0.4, -0.2) is 54.8 Å². The molecule has 0 radical (unpaired) electrons. The number of carbonyl (C=O) groups is 2. The fourth-order valence-electron chi connectivity index (χ4n) is 3.11. The maximum atomic E-state index is 12.5. The van der Waals surface area contributed by atoms with Crippen molar-refractivity contribution in [1.82, 2.24) is 15.1 Å². The highest BCUT2D eigenvalue weighted by Crippen LogP contribution is 2.30. The maximum Gasteiger partial charge on any atom is 0.259 e. The second-order valence-corrected chi connectivity index (χ2v) is 7.04. The van der Waals surface area contributed by atoms with Crippen molar-refractivity contribution < 1.29 is 9.59 Å². The summed E-state index contributed by atoms with van der Waals surface area (Å²) in [4.78, 5) is 28.4. The van der Waals surface area contributed by atoms with Crippen LogP contribution in [0, 0.1) is 5.92 Å². The van der Waals surface area contributed by atoms with Crippen molar-refractivity contribution in [3.8, 4) is 0 Å². The van der Waals surface area contributed by atoms with Gasteiger partial charge in [0.2, 0.25) is 5.91 Å². The Kier molecular flexibility index (Phi) is 5.78. The van der Waals surface area contributed by atoms with Crippen LogP contribution in [0.25, 0.3) is 5.70 Å². The predicted molar refractivity (Wildman–Crippen MR) is 96.5 cm³/mol. The first-order valence-corrected chi connectivity index (χ1v) is 8.33. The molecule has 1 aliphatic heterocycles. The zero-order valence-electron chi connectivity index (χ0n) is 15.0. The van der Waals surface area contributed by atoms with Gasteiger partial charge in [-0.1, -0.05) is 38.6 Å². The van der Waals surface area contributed by atoms with E-state index in [9.17, 15) is 9.59 Å². The molecule has 0 bridgehead atoms. The molecule has 0 spiro atoms. The molecular weight excluding hydrogens is 302 g/mol. The third-order valence-corrected chi connectivity index (χ3v) is 4.05. The summed E-state index contributed by atoms with van der Waals surface area (Å²) in [6.07, 6.45) is 0.902. The van der Waals surface area contributed by atoms with Gasteiger partial charge >= 0.3 is 0 Å². The first-order valence-electron chi connectivity index (χ1n) is 8.33. The van der Waals surface area contributed by atoms with E-state index in [2.05, 4.69) is 30.6 Å². The fraction of sp³-hybridized carbons (Fsp3) is 0.474. The molecule has 2 rings (SSSR count). The SMILES string of the molecule is C=C1c2ccccc2C(=O)N1CC(=O)NC(CC(C)C)CN(C)C. The summed E-state index contributed by atoms with van der Waals surface area (Å²) in [5.41, 5.74) is 2.02. The van der Waals surface area contributed by atoms with E-state index in [-0.39, 0.29) is 24.4 Å². The lowest BCUT2D eigenvalue weighted by Crippen LogP contribution is -2.46. The van der Waals surface area contributed by atoms with Gasteiger partial charge in [-0.05, 0) is 32.5 Å². The molecule has 1 aliphatic rings. The van der Waals surface area contributed by atoms with Crippen LogP contribution in [0.15, 0.2) is 30.8 Å². The van der Waals surface area contributed by atoms with Crippen molar-refractivity contribution in [3.63, 3.8) is 0 Å². The third kappa shape index (κ3) is 4.23. The molecule has 1 atom stereocenters. The van der Waals surface area contributed by atoms with Crippen molar-refractivity contribution in [3.05, 3.63) is 42.0 Å². The Balaban J connectivity index is 2.02. The highest BCUT2D eigenvalue weighted by Gasteiger charge is 2.32. The molecule has 0 fully saturated rings. The van der Waals surface area contributed by atoms with Crippen LogP contribution in [0.3, 0.4) is 0 Å². The molecule has 0 saturated carbocycles. The van der Waals surface area contributed by atoms with E-state index < -0.39 is 0 Å². The van der Waals surface area contributed by atoms with Crippen LogP contribution in [0.1, 0.15) is 36.2 Å². The minimum Gasteiger partial charge on any atom is -0.351 e. The zero-order valence-corrected chi connectivity index (χ0v) is 15.0. The molecular formula is C19H27N3O2. The van der Waals surface area contributed by atoms with E-state index in [1.165, 1.54) is 4.90 Å². The number of benzene rings is 1.